The van der Waals surface area contributed by atoms with Gasteiger partial charge in [0.05, 0.1) is 7.11 Å². The van der Waals surface area contributed by atoms with Gasteiger partial charge in [-0.15, -0.1) is 0 Å². The van der Waals surface area contributed by atoms with E-state index in [-0.39, 0.29) is 38.3 Å². The standard InChI is InChI=1S/C14H20O3.C11H16O.2CH4/c1-10-6-7-11(14(2,3)4)12(8-10)17-9-13(15)16-5;1-8-5-6-9(10(12)7-8)11(2,3)4;;/h6-8H,9H2,1-5H3;5-7,12H,1-4H3;2*1H4. The molecule has 2 aromatic rings. The van der Waals surface area contributed by atoms with E-state index in [0.717, 1.165) is 28.0 Å². The van der Waals surface area contributed by atoms with Crippen molar-refractivity contribution in [3.8, 4) is 11.5 Å². The maximum absolute atomic E-state index is 11.1. The number of rotatable bonds is 3. The van der Waals surface area contributed by atoms with Crippen molar-refractivity contribution < 1.29 is 19.4 Å². The van der Waals surface area contributed by atoms with Gasteiger partial charge in [-0.2, -0.15) is 0 Å². The number of phenolic OH excluding ortho intramolecular Hbond substituents is 1. The smallest absolute Gasteiger partial charge is 0.343 e. The first kappa shape index (κ1) is 30.7. The number of hydrogen-bond acceptors (Lipinski definition) is 4. The fraction of sp³-hybridized carbons (Fsp3) is 0.519. The lowest BCUT2D eigenvalue weighted by Crippen LogP contribution is -2.17. The summed E-state index contributed by atoms with van der Waals surface area (Å²) in [6.07, 6.45) is 0. The van der Waals surface area contributed by atoms with Gasteiger partial charge < -0.3 is 14.6 Å². The summed E-state index contributed by atoms with van der Waals surface area (Å²) < 4.78 is 10.1. The van der Waals surface area contributed by atoms with Crippen LogP contribution in [0.1, 0.15) is 78.6 Å². The molecule has 0 heterocycles. The molecule has 0 amide bonds. The Labute approximate surface area is 190 Å². The number of ether oxygens (including phenoxy) is 2. The topological polar surface area (TPSA) is 55.8 Å². The third-order valence-corrected chi connectivity index (χ3v) is 4.48. The molecule has 1 N–H and O–H groups in total. The number of aryl methyl sites for hydroxylation is 2. The number of methoxy groups -OCH3 is 1. The van der Waals surface area contributed by atoms with Crippen LogP contribution in [0.4, 0.5) is 0 Å². The predicted octanol–water partition coefficient (Wildman–Crippen LogP) is 7.11. The first-order chi connectivity index (χ1) is 13.3. The number of carbonyl (C=O) groups excluding carboxylic acids is 1. The second-order valence-electron chi connectivity index (χ2n) is 9.39. The molecule has 31 heavy (non-hydrogen) atoms. The van der Waals surface area contributed by atoms with Gasteiger partial charge in [0.2, 0.25) is 0 Å². The third kappa shape index (κ3) is 9.91. The van der Waals surface area contributed by atoms with E-state index in [1.807, 2.05) is 44.2 Å². The molecule has 2 rings (SSSR count). The zero-order valence-corrected chi connectivity index (χ0v) is 19.3. The monoisotopic (exact) mass is 432 g/mol. The van der Waals surface area contributed by atoms with Crippen molar-refractivity contribution in [1.82, 2.24) is 0 Å². The lowest BCUT2D eigenvalue weighted by Gasteiger charge is -2.23. The summed E-state index contributed by atoms with van der Waals surface area (Å²) in [5.41, 5.74) is 4.31. The molecule has 2 aromatic carbocycles. The van der Waals surface area contributed by atoms with Gasteiger partial charge in [-0.3, -0.25) is 0 Å². The molecule has 0 aliphatic rings. The normalized spacial score (nSPS) is 10.6. The number of hydrogen-bond donors (Lipinski definition) is 1. The van der Waals surface area contributed by atoms with Gasteiger partial charge in [0.25, 0.3) is 0 Å². The summed E-state index contributed by atoms with van der Waals surface area (Å²) in [5, 5.41) is 9.63. The lowest BCUT2D eigenvalue weighted by atomic mass is 9.86. The molecule has 0 aromatic heterocycles. The average molecular weight is 433 g/mol. The van der Waals surface area contributed by atoms with E-state index in [4.69, 9.17) is 4.74 Å². The van der Waals surface area contributed by atoms with Crippen LogP contribution in [-0.4, -0.2) is 24.8 Å². The Morgan fingerprint density at radius 1 is 0.839 bits per heavy atom. The van der Waals surface area contributed by atoms with Crippen LogP contribution in [0.3, 0.4) is 0 Å². The van der Waals surface area contributed by atoms with Crippen LogP contribution in [-0.2, 0) is 20.4 Å². The van der Waals surface area contributed by atoms with E-state index < -0.39 is 0 Å². The minimum Gasteiger partial charge on any atom is -0.508 e. The summed E-state index contributed by atoms with van der Waals surface area (Å²) in [7, 11) is 1.35. The minimum absolute atomic E-state index is 0. The van der Waals surface area contributed by atoms with Crippen LogP contribution < -0.4 is 4.74 Å². The fourth-order valence-corrected chi connectivity index (χ4v) is 2.84. The molecular weight excluding hydrogens is 388 g/mol. The molecule has 0 spiro atoms. The fourth-order valence-electron chi connectivity index (χ4n) is 2.84. The average Bonchev–Trinajstić information content (AvgIpc) is 2.57. The molecule has 4 nitrogen and oxygen atoms in total. The van der Waals surface area contributed by atoms with E-state index >= 15 is 0 Å². The number of esters is 1. The van der Waals surface area contributed by atoms with Crippen molar-refractivity contribution >= 4 is 5.97 Å². The Hall–Kier alpha value is -2.49. The largest absolute Gasteiger partial charge is 0.508 e. The number of aromatic hydroxyl groups is 1. The van der Waals surface area contributed by atoms with Crippen molar-refractivity contribution in [2.24, 2.45) is 0 Å². The van der Waals surface area contributed by atoms with Crippen molar-refractivity contribution in [2.45, 2.75) is 81.1 Å². The van der Waals surface area contributed by atoms with Crippen LogP contribution in [0.2, 0.25) is 0 Å². The van der Waals surface area contributed by atoms with Crippen molar-refractivity contribution in [3.05, 3.63) is 58.7 Å². The Kier molecular flexibility index (Phi) is 12.3. The Morgan fingerprint density at radius 3 is 1.71 bits per heavy atom. The first-order valence-electron chi connectivity index (χ1n) is 9.86. The Balaban J connectivity index is 0. The zero-order chi connectivity index (χ0) is 22.4. The molecular formula is C27H44O4. The molecule has 0 unspecified atom stereocenters. The van der Waals surface area contributed by atoms with Crippen LogP contribution in [0.25, 0.3) is 0 Å². The van der Waals surface area contributed by atoms with E-state index in [2.05, 4.69) is 46.3 Å². The molecule has 0 bridgehead atoms. The Morgan fingerprint density at radius 2 is 1.29 bits per heavy atom. The second kappa shape index (κ2) is 12.4. The molecule has 0 saturated carbocycles. The van der Waals surface area contributed by atoms with E-state index in [9.17, 15) is 9.90 Å². The van der Waals surface area contributed by atoms with Gasteiger partial charge in [0, 0.05) is 0 Å². The van der Waals surface area contributed by atoms with Gasteiger partial charge in [-0.05, 0) is 59.1 Å². The minimum atomic E-state index is -0.369. The maximum Gasteiger partial charge on any atom is 0.343 e. The van der Waals surface area contributed by atoms with E-state index in [1.165, 1.54) is 7.11 Å². The highest BCUT2D eigenvalue weighted by Crippen LogP contribution is 2.32. The molecule has 0 radical (unpaired) electrons. The number of phenols is 1. The second-order valence-corrected chi connectivity index (χ2v) is 9.39. The van der Waals surface area contributed by atoms with Crippen molar-refractivity contribution in [1.29, 1.82) is 0 Å². The van der Waals surface area contributed by atoms with Gasteiger partial charge in [0.1, 0.15) is 11.5 Å². The third-order valence-electron chi connectivity index (χ3n) is 4.48. The highest BCUT2D eigenvalue weighted by atomic mass is 16.6. The summed E-state index contributed by atoms with van der Waals surface area (Å²) in [4.78, 5) is 11.1. The lowest BCUT2D eigenvalue weighted by molar-refractivity contribution is -0.142. The SMILES string of the molecule is C.C.COC(=O)COc1cc(C)ccc1C(C)(C)C.Cc1ccc(C(C)(C)C)c(O)c1. The van der Waals surface area contributed by atoms with Crippen molar-refractivity contribution in [2.75, 3.05) is 13.7 Å². The van der Waals surface area contributed by atoms with Gasteiger partial charge >= 0.3 is 5.97 Å². The number of carbonyl (C=O) groups is 1. The van der Waals surface area contributed by atoms with E-state index in [0.29, 0.717) is 5.75 Å². The summed E-state index contributed by atoms with van der Waals surface area (Å²) in [6, 6.07) is 11.9. The van der Waals surface area contributed by atoms with E-state index in [1.54, 1.807) is 6.07 Å². The summed E-state index contributed by atoms with van der Waals surface area (Å²) in [5.74, 6) is 0.789. The molecule has 0 aliphatic carbocycles. The zero-order valence-electron chi connectivity index (χ0n) is 19.3. The molecule has 0 fully saturated rings. The molecule has 0 aliphatic heterocycles. The van der Waals surface area contributed by atoms with Crippen LogP contribution in [0.15, 0.2) is 36.4 Å². The maximum atomic E-state index is 11.1. The van der Waals surface area contributed by atoms with Crippen LogP contribution in [0.5, 0.6) is 11.5 Å². The van der Waals surface area contributed by atoms with Gasteiger partial charge in [-0.1, -0.05) is 80.7 Å². The van der Waals surface area contributed by atoms with Crippen LogP contribution in [0, 0.1) is 13.8 Å². The van der Waals surface area contributed by atoms with Crippen molar-refractivity contribution in [3.63, 3.8) is 0 Å². The predicted molar refractivity (Wildman–Crippen MR) is 132 cm³/mol. The molecule has 4 heteroatoms. The Bertz CT molecular complexity index is 824. The molecule has 0 atom stereocenters. The number of benzene rings is 2. The summed E-state index contributed by atoms with van der Waals surface area (Å²) >= 11 is 0. The molecule has 0 saturated heterocycles. The first-order valence-corrected chi connectivity index (χ1v) is 9.86. The highest BCUT2D eigenvalue weighted by molar-refractivity contribution is 5.71. The van der Waals surface area contributed by atoms with Gasteiger partial charge in [0.15, 0.2) is 6.61 Å². The molecule has 176 valence electrons. The van der Waals surface area contributed by atoms with Crippen LogP contribution >= 0.6 is 0 Å². The van der Waals surface area contributed by atoms with Gasteiger partial charge in [-0.25, -0.2) is 4.79 Å². The quantitative estimate of drug-likeness (QED) is 0.525. The summed E-state index contributed by atoms with van der Waals surface area (Å²) in [6.45, 7) is 16.5. The highest BCUT2D eigenvalue weighted by Gasteiger charge is 2.19.